The molecule has 1 aromatic rings. The van der Waals surface area contributed by atoms with Gasteiger partial charge in [-0.25, -0.2) is 0 Å². The van der Waals surface area contributed by atoms with Gasteiger partial charge in [-0.15, -0.1) is 0 Å². The highest BCUT2D eigenvalue weighted by atomic mass is 79.9. The predicted molar refractivity (Wildman–Crippen MR) is 78.2 cm³/mol. The van der Waals surface area contributed by atoms with Crippen molar-refractivity contribution in [3.05, 3.63) is 22.6 Å². The number of amides is 1. The Hall–Kier alpha value is -0.810. The van der Waals surface area contributed by atoms with E-state index >= 15 is 0 Å². The van der Waals surface area contributed by atoms with Gasteiger partial charge in [-0.3, -0.25) is 4.79 Å². The Labute approximate surface area is 122 Å². The molecule has 0 aliphatic carbocycles. The molecule has 0 saturated carbocycles. The number of rotatable bonds is 4. The highest BCUT2D eigenvalue weighted by Gasteiger charge is 2.25. The van der Waals surface area contributed by atoms with Gasteiger partial charge < -0.3 is 14.6 Å². The molecule has 0 spiro atoms. The second kappa shape index (κ2) is 6.57. The van der Waals surface area contributed by atoms with Crippen molar-refractivity contribution in [1.82, 2.24) is 10.2 Å². The lowest BCUT2D eigenvalue weighted by molar-refractivity contribution is 0.0624. The Kier molecular flexibility index (Phi) is 5.05. The van der Waals surface area contributed by atoms with Crippen molar-refractivity contribution in [3.63, 3.8) is 0 Å². The van der Waals surface area contributed by atoms with E-state index in [1.807, 2.05) is 4.90 Å². The molecular weight excluding hydrogens is 308 g/mol. The lowest BCUT2D eigenvalue weighted by Gasteiger charge is -2.32. The third-order valence-corrected chi connectivity index (χ3v) is 4.01. The minimum atomic E-state index is -0.0146. The van der Waals surface area contributed by atoms with Crippen molar-refractivity contribution in [2.24, 2.45) is 5.92 Å². The van der Waals surface area contributed by atoms with Crippen molar-refractivity contribution in [1.29, 1.82) is 0 Å². The van der Waals surface area contributed by atoms with Gasteiger partial charge in [0, 0.05) is 12.6 Å². The molecule has 5 heteroatoms. The number of carbonyl (C=O) groups is 1. The molecule has 1 saturated heterocycles. The summed E-state index contributed by atoms with van der Waals surface area (Å²) >= 11 is 3.24. The first kappa shape index (κ1) is 14.6. The largest absolute Gasteiger partial charge is 0.444 e. The second-order valence-corrected chi connectivity index (χ2v) is 6.13. The zero-order valence-corrected chi connectivity index (χ0v) is 13.1. The summed E-state index contributed by atoms with van der Waals surface area (Å²) < 4.78 is 5.98. The Bertz CT molecular complexity index is 425. The van der Waals surface area contributed by atoms with Crippen LogP contribution in [0, 0.1) is 5.92 Å². The summed E-state index contributed by atoms with van der Waals surface area (Å²) in [4.78, 5) is 14.4. The van der Waals surface area contributed by atoms with Gasteiger partial charge >= 0.3 is 0 Å². The van der Waals surface area contributed by atoms with Crippen LogP contribution >= 0.6 is 15.9 Å². The fraction of sp³-hybridized carbons (Fsp3) is 0.643. The number of nitrogens with zero attached hydrogens (tertiary/aromatic N) is 1. The first-order valence-corrected chi connectivity index (χ1v) is 7.64. The predicted octanol–water partition coefficient (Wildman–Crippen LogP) is 2.89. The Morgan fingerprint density at radius 2 is 2.16 bits per heavy atom. The quantitative estimate of drug-likeness (QED) is 0.924. The van der Waals surface area contributed by atoms with Crippen LogP contribution < -0.4 is 5.32 Å². The minimum Gasteiger partial charge on any atom is -0.444 e. The van der Waals surface area contributed by atoms with Crippen molar-refractivity contribution in [2.45, 2.75) is 32.7 Å². The van der Waals surface area contributed by atoms with Crippen molar-refractivity contribution >= 4 is 21.8 Å². The molecule has 2 rings (SSSR count). The SMILES string of the molecule is CC(C)N(CC1CCNCC1)C(=O)c1ccc(Br)o1. The molecule has 1 aromatic heterocycles. The minimum absolute atomic E-state index is 0.0146. The summed E-state index contributed by atoms with van der Waals surface area (Å²) in [6, 6.07) is 3.67. The van der Waals surface area contributed by atoms with E-state index in [-0.39, 0.29) is 11.9 Å². The maximum Gasteiger partial charge on any atom is 0.289 e. The molecule has 0 bridgehead atoms. The lowest BCUT2D eigenvalue weighted by atomic mass is 9.97. The van der Waals surface area contributed by atoms with Crippen LogP contribution in [0.3, 0.4) is 0 Å². The summed E-state index contributed by atoms with van der Waals surface area (Å²) in [5.74, 6) is 0.986. The zero-order valence-electron chi connectivity index (χ0n) is 11.5. The van der Waals surface area contributed by atoms with Gasteiger partial charge in [0.15, 0.2) is 10.4 Å². The van der Waals surface area contributed by atoms with Crippen molar-refractivity contribution < 1.29 is 9.21 Å². The summed E-state index contributed by atoms with van der Waals surface area (Å²) in [7, 11) is 0. The highest BCUT2D eigenvalue weighted by molar-refractivity contribution is 9.10. The van der Waals surface area contributed by atoms with Gasteiger partial charge in [0.2, 0.25) is 0 Å². The molecule has 19 heavy (non-hydrogen) atoms. The van der Waals surface area contributed by atoms with Gasteiger partial charge in [0.05, 0.1) is 0 Å². The van der Waals surface area contributed by atoms with Gasteiger partial charge in [0.25, 0.3) is 5.91 Å². The summed E-state index contributed by atoms with van der Waals surface area (Å²) in [6.45, 7) is 7.03. The van der Waals surface area contributed by atoms with Crippen LogP contribution in [0.5, 0.6) is 0 Å². The molecule has 1 N–H and O–H groups in total. The van der Waals surface area contributed by atoms with Gasteiger partial charge in [-0.1, -0.05) is 0 Å². The van der Waals surface area contributed by atoms with Crippen LogP contribution in [0.25, 0.3) is 0 Å². The first-order chi connectivity index (χ1) is 9.08. The molecule has 1 aliphatic heterocycles. The first-order valence-electron chi connectivity index (χ1n) is 6.85. The third kappa shape index (κ3) is 3.83. The fourth-order valence-electron chi connectivity index (χ4n) is 2.44. The number of furan rings is 1. The maximum absolute atomic E-state index is 12.5. The van der Waals surface area contributed by atoms with E-state index in [9.17, 15) is 4.79 Å². The molecule has 1 aliphatic rings. The summed E-state index contributed by atoms with van der Waals surface area (Å²) in [5.41, 5.74) is 0. The number of nitrogens with one attached hydrogen (secondary N) is 1. The van der Waals surface area contributed by atoms with Crippen LogP contribution in [0.4, 0.5) is 0 Å². The van der Waals surface area contributed by atoms with Crippen LogP contribution in [0.1, 0.15) is 37.2 Å². The van der Waals surface area contributed by atoms with Crippen LogP contribution in [0.2, 0.25) is 0 Å². The molecule has 1 amide bonds. The van der Waals surface area contributed by atoms with E-state index < -0.39 is 0 Å². The molecule has 106 valence electrons. The number of hydrogen-bond acceptors (Lipinski definition) is 3. The van der Waals surface area contributed by atoms with Gasteiger partial charge in [-0.05, 0) is 73.8 Å². The Morgan fingerprint density at radius 3 is 2.68 bits per heavy atom. The van der Waals surface area contributed by atoms with Gasteiger partial charge in [-0.2, -0.15) is 0 Å². The Morgan fingerprint density at radius 1 is 1.47 bits per heavy atom. The number of carbonyl (C=O) groups excluding carboxylic acids is 1. The third-order valence-electron chi connectivity index (χ3n) is 3.58. The van der Waals surface area contributed by atoms with Crippen LogP contribution in [-0.2, 0) is 0 Å². The molecule has 0 radical (unpaired) electrons. The molecule has 0 atom stereocenters. The van der Waals surface area contributed by atoms with E-state index in [0.717, 1.165) is 32.5 Å². The second-order valence-electron chi connectivity index (χ2n) is 5.35. The molecule has 2 heterocycles. The average Bonchev–Trinajstić information content (AvgIpc) is 2.83. The molecule has 4 nitrogen and oxygen atoms in total. The normalized spacial score (nSPS) is 16.8. The highest BCUT2D eigenvalue weighted by Crippen LogP contribution is 2.20. The zero-order chi connectivity index (χ0) is 13.8. The van der Waals surface area contributed by atoms with Crippen LogP contribution in [0.15, 0.2) is 21.2 Å². The Balaban J connectivity index is 2.04. The van der Waals surface area contributed by atoms with E-state index in [1.54, 1.807) is 12.1 Å². The summed E-state index contributed by atoms with van der Waals surface area (Å²) in [6.07, 6.45) is 2.27. The average molecular weight is 329 g/mol. The van der Waals surface area contributed by atoms with E-state index in [4.69, 9.17) is 4.42 Å². The van der Waals surface area contributed by atoms with Crippen molar-refractivity contribution in [2.75, 3.05) is 19.6 Å². The topological polar surface area (TPSA) is 45.5 Å². The number of hydrogen-bond donors (Lipinski definition) is 1. The van der Waals surface area contributed by atoms with E-state index in [1.165, 1.54) is 0 Å². The van der Waals surface area contributed by atoms with Crippen molar-refractivity contribution in [3.8, 4) is 0 Å². The molecule has 0 aromatic carbocycles. The number of piperidine rings is 1. The monoisotopic (exact) mass is 328 g/mol. The standard InChI is InChI=1S/C14H21BrN2O2/c1-10(2)17(9-11-5-7-16-8-6-11)14(18)12-3-4-13(15)19-12/h3-4,10-11,16H,5-9H2,1-2H3. The fourth-order valence-corrected chi connectivity index (χ4v) is 2.75. The summed E-state index contributed by atoms with van der Waals surface area (Å²) in [5, 5.41) is 3.35. The van der Waals surface area contributed by atoms with Crippen LogP contribution in [-0.4, -0.2) is 36.5 Å². The maximum atomic E-state index is 12.5. The molecular formula is C14H21BrN2O2. The van der Waals surface area contributed by atoms with E-state index in [0.29, 0.717) is 16.3 Å². The smallest absolute Gasteiger partial charge is 0.289 e. The number of halogens is 1. The van der Waals surface area contributed by atoms with Gasteiger partial charge in [0.1, 0.15) is 0 Å². The molecule has 0 unspecified atom stereocenters. The molecule has 1 fully saturated rings. The lowest BCUT2D eigenvalue weighted by Crippen LogP contribution is -2.42. The van der Waals surface area contributed by atoms with E-state index in [2.05, 4.69) is 35.1 Å².